The molecule has 2 heterocycles. The third-order valence-electron chi connectivity index (χ3n) is 4.34. The zero-order valence-electron chi connectivity index (χ0n) is 14.8. The van der Waals surface area contributed by atoms with Gasteiger partial charge in [0.2, 0.25) is 11.8 Å². The van der Waals surface area contributed by atoms with Gasteiger partial charge in [0.15, 0.2) is 0 Å². The van der Waals surface area contributed by atoms with Crippen molar-refractivity contribution in [1.82, 2.24) is 15.2 Å². The first-order valence-electron chi connectivity index (χ1n) is 8.69. The van der Waals surface area contributed by atoms with Gasteiger partial charge in [-0.05, 0) is 43.2 Å². The predicted molar refractivity (Wildman–Crippen MR) is 106 cm³/mol. The van der Waals surface area contributed by atoms with Gasteiger partial charge in [-0.25, -0.2) is 0 Å². The number of hydrogen-bond donors (Lipinski definition) is 2. The van der Waals surface area contributed by atoms with Crippen molar-refractivity contribution in [3.63, 3.8) is 0 Å². The number of halogens is 2. The normalized spacial score (nSPS) is 15.9. The van der Waals surface area contributed by atoms with E-state index in [-0.39, 0.29) is 34.9 Å². The maximum Gasteiger partial charge on any atom is 0.256 e. The van der Waals surface area contributed by atoms with Crippen LogP contribution < -0.4 is 10.6 Å². The van der Waals surface area contributed by atoms with Crippen LogP contribution in [-0.4, -0.2) is 46.7 Å². The minimum atomic E-state index is -0.659. The molecule has 9 heteroatoms. The van der Waals surface area contributed by atoms with Crippen molar-refractivity contribution in [2.24, 2.45) is 0 Å². The number of anilines is 1. The first-order valence-corrected chi connectivity index (χ1v) is 9.45. The first-order chi connectivity index (χ1) is 13.5. The lowest BCUT2D eigenvalue weighted by Gasteiger charge is -2.24. The number of nitrogens with one attached hydrogen (secondary N) is 2. The number of rotatable bonds is 5. The van der Waals surface area contributed by atoms with Crippen molar-refractivity contribution in [1.29, 1.82) is 0 Å². The molecule has 1 aromatic carbocycles. The Hall–Kier alpha value is -2.64. The number of carbonyl (C=O) groups is 3. The summed E-state index contributed by atoms with van der Waals surface area (Å²) in [6, 6.07) is 7.35. The molecule has 7 nitrogen and oxygen atoms in total. The van der Waals surface area contributed by atoms with Gasteiger partial charge < -0.3 is 15.5 Å². The fraction of sp³-hybridized carbons (Fsp3) is 0.263. The monoisotopic (exact) mass is 420 g/mol. The average molecular weight is 421 g/mol. The fourth-order valence-electron chi connectivity index (χ4n) is 3.03. The topological polar surface area (TPSA) is 91.4 Å². The number of nitrogens with zero attached hydrogens (tertiary/aromatic N) is 2. The lowest BCUT2D eigenvalue weighted by Crippen LogP contribution is -2.47. The van der Waals surface area contributed by atoms with Gasteiger partial charge in [-0.2, -0.15) is 0 Å². The highest BCUT2D eigenvalue weighted by Crippen LogP contribution is 2.26. The molecule has 1 aromatic heterocycles. The zero-order valence-corrected chi connectivity index (χ0v) is 16.3. The lowest BCUT2D eigenvalue weighted by molar-refractivity contribution is -0.127. The van der Waals surface area contributed by atoms with Crippen molar-refractivity contribution in [2.75, 3.05) is 18.4 Å². The summed E-state index contributed by atoms with van der Waals surface area (Å²) in [6.07, 6.45) is 4.30. The third kappa shape index (κ3) is 4.79. The van der Waals surface area contributed by atoms with E-state index in [1.54, 1.807) is 30.5 Å². The van der Waals surface area contributed by atoms with Crippen LogP contribution in [-0.2, 0) is 9.59 Å². The minimum absolute atomic E-state index is 0.204. The summed E-state index contributed by atoms with van der Waals surface area (Å²) in [4.78, 5) is 42.7. The van der Waals surface area contributed by atoms with Crippen LogP contribution in [0.5, 0.6) is 0 Å². The predicted octanol–water partition coefficient (Wildman–Crippen LogP) is 2.75. The summed E-state index contributed by atoms with van der Waals surface area (Å²) in [5.74, 6) is -1.12. The van der Waals surface area contributed by atoms with Gasteiger partial charge in [0.05, 0.1) is 29.0 Å². The number of carbonyl (C=O) groups excluding carboxylic acids is 3. The van der Waals surface area contributed by atoms with Gasteiger partial charge in [-0.15, -0.1) is 0 Å². The molecule has 2 N–H and O–H groups in total. The van der Waals surface area contributed by atoms with Crippen molar-refractivity contribution in [2.45, 2.75) is 18.9 Å². The SMILES string of the molecule is O=C(CNC(=O)C1CCCN1C(=O)c1cc(Cl)ccc1Cl)Nc1cccnc1. The smallest absolute Gasteiger partial charge is 0.256 e. The van der Waals surface area contributed by atoms with Crippen LogP contribution in [0.2, 0.25) is 10.0 Å². The molecule has 0 saturated carbocycles. The van der Waals surface area contributed by atoms with Gasteiger partial charge in [-0.1, -0.05) is 23.2 Å². The molecule has 0 bridgehead atoms. The molecule has 1 fully saturated rings. The molecule has 1 atom stereocenters. The molecule has 146 valence electrons. The van der Waals surface area contributed by atoms with E-state index in [9.17, 15) is 14.4 Å². The number of pyridine rings is 1. The number of benzene rings is 1. The second kappa shape index (κ2) is 9.03. The summed E-state index contributed by atoms with van der Waals surface area (Å²) < 4.78 is 0. The molecule has 1 unspecified atom stereocenters. The number of aromatic nitrogens is 1. The van der Waals surface area contributed by atoms with E-state index in [1.165, 1.54) is 17.2 Å². The zero-order chi connectivity index (χ0) is 20.1. The molecule has 1 aliphatic rings. The quantitative estimate of drug-likeness (QED) is 0.777. The van der Waals surface area contributed by atoms with E-state index in [4.69, 9.17) is 23.2 Å². The Balaban J connectivity index is 1.60. The van der Waals surface area contributed by atoms with Crippen LogP contribution >= 0.6 is 23.2 Å². The summed E-state index contributed by atoms with van der Waals surface area (Å²) in [5, 5.41) is 5.88. The third-order valence-corrected chi connectivity index (χ3v) is 4.91. The average Bonchev–Trinajstić information content (AvgIpc) is 3.18. The van der Waals surface area contributed by atoms with Crippen LogP contribution in [0.1, 0.15) is 23.2 Å². The Bertz CT molecular complexity index is 892. The van der Waals surface area contributed by atoms with E-state index in [1.807, 2.05) is 0 Å². The molecular weight excluding hydrogens is 403 g/mol. The molecule has 3 rings (SSSR count). The molecular formula is C19H18Cl2N4O3. The number of likely N-dealkylation sites (tertiary alicyclic amines) is 1. The fourth-order valence-corrected chi connectivity index (χ4v) is 3.40. The standard InChI is InChI=1S/C19H18Cl2N4O3/c20-12-5-6-15(21)14(9-12)19(28)25-8-2-4-16(25)18(27)23-11-17(26)24-13-3-1-7-22-10-13/h1,3,5-7,9-10,16H,2,4,8,11H2,(H,23,27)(H,24,26). The molecule has 1 saturated heterocycles. The molecule has 3 amide bonds. The number of amides is 3. The molecule has 1 aliphatic heterocycles. The Morgan fingerprint density at radius 3 is 2.79 bits per heavy atom. The van der Waals surface area contributed by atoms with Gasteiger partial charge in [0.25, 0.3) is 5.91 Å². The van der Waals surface area contributed by atoms with Gasteiger partial charge >= 0.3 is 0 Å². The van der Waals surface area contributed by atoms with Crippen molar-refractivity contribution >= 4 is 46.6 Å². The van der Waals surface area contributed by atoms with Gasteiger partial charge in [0, 0.05) is 17.8 Å². The Kier molecular flexibility index (Phi) is 6.49. The van der Waals surface area contributed by atoms with E-state index in [2.05, 4.69) is 15.6 Å². The lowest BCUT2D eigenvalue weighted by atomic mass is 10.1. The second-order valence-corrected chi connectivity index (χ2v) is 7.13. The van der Waals surface area contributed by atoms with E-state index < -0.39 is 6.04 Å². The summed E-state index contributed by atoms with van der Waals surface area (Å²) >= 11 is 12.1. The van der Waals surface area contributed by atoms with E-state index in [0.29, 0.717) is 30.1 Å². The summed E-state index contributed by atoms with van der Waals surface area (Å²) in [6.45, 7) is 0.228. The summed E-state index contributed by atoms with van der Waals surface area (Å²) in [7, 11) is 0. The van der Waals surface area contributed by atoms with Gasteiger partial charge in [-0.3, -0.25) is 19.4 Å². The molecule has 0 radical (unpaired) electrons. The van der Waals surface area contributed by atoms with Crippen LogP contribution in [0.4, 0.5) is 5.69 Å². The van der Waals surface area contributed by atoms with E-state index in [0.717, 1.165) is 0 Å². The Labute approximate surface area is 172 Å². The first kappa shape index (κ1) is 20.1. The Morgan fingerprint density at radius 2 is 2.04 bits per heavy atom. The van der Waals surface area contributed by atoms with Crippen molar-refractivity contribution in [3.8, 4) is 0 Å². The highest BCUT2D eigenvalue weighted by molar-refractivity contribution is 6.35. The highest BCUT2D eigenvalue weighted by Gasteiger charge is 2.35. The second-order valence-electron chi connectivity index (χ2n) is 6.29. The number of hydrogen-bond acceptors (Lipinski definition) is 4. The molecule has 0 aliphatic carbocycles. The van der Waals surface area contributed by atoms with Crippen molar-refractivity contribution < 1.29 is 14.4 Å². The van der Waals surface area contributed by atoms with E-state index >= 15 is 0 Å². The van der Waals surface area contributed by atoms with Crippen molar-refractivity contribution in [3.05, 3.63) is 58.3 Å². The highest BCUT2D eigenvalue weighted by atomic mass is 35.5. The van der Waals surface area contributed by atoms with Gasteiger partial charge in [0.1, 0.15) is 6.04 Å². The molecule has 0 spiro atoms. The summed E-state index contributed by atoms with van der Waals surface area (Å²) in [5.41, 5.74) is 0.790. The van der Waals surface area contributed by atoms with Crippen LogP contribution in [0, 0.1) is 0 Å². The van der Waals surface area contributed by atoms with Crippen LogP contribution in [0.25, 0.3) is 0 Å². The van der Waals surface area contributed by atoms with Crippen LogP contribution in [0.15, 0.2) is 42.7 Å². The maximum absolute atomic E-state index is 12.8. The maximum atomic E-state index is 12.8. The molecule has 28 heavy (non-hydrogen) atoms. The minimum Gasteiger partial charge on any atom is -0.345 e. The molecule has 2 aromatic rings. The largest absolute Gasteiger partial charge is 0.345 e. The van der Waals surface area contributed by atoms with Crippen LogP contribution in [0.3, 0.4) is 0 Å². The Morgan fingerprint density at radius 1 is 1.21 bits per heavy atom.